The van der Waals surface area contributed by atoms with Crippen LogP contribution in [0.25, 0.3) is 0 Å². The van der Waals surface area contributed by atoms with E-state index in [1.165, 1.54) is 12.8 Å². The molecular weight excluding hydrogens is 102 g/mol. The number of hydrogen-bond acceptors (Lipinski definition) is 2. The summed E-state index contributed by atoms with van der Waals surface area (Å²) in [5.74, 6) is 0. The lowest BCUT2D eigenvalue weighted by Crippen LogP contribution is -2.28. The maximum Gasteiger partial charge on any atom is 0.0575 e. The van der Waals surface area contributed by atoms with Gasteiger partial charge in [-0.2, -0.15) is 5.06 Å². The predicted octanol–water partition coefficient (Wildman–Crippen LogP) is 0.848. The van der Waals surface area contributed by atoms with Crippen molar-refractivity contribution in [2.45, 2.75) is 12.8 Å². The van der Waals surface area contributed by atoms with Crippen LogP contribution in [0.4, 0.5) is 0 Å². The third-order valence-corrected chi connectivity index (χ3v) is 1.42. The Kier molecular flexibility index (Phi) is 2.30. The summed E-state index contributed by atoms with van der Waals surface area (Å²) in [5, 5.41) is 1.99. The van der Waals surface area contributed by atoms with Crippen LogP contribution in [0.2, 0.25) is 0 Å². The minimum Gasteiger partial charge on any atom is -0.302 e. The molecule has 0 aromatic rings. The van der Waals surface area contributed by atoms with Gasteiger partial charge in [0.25, 0.3) is 0 Å². The lowest BCUT2D eigenvalue weighted by atomic mass is 10.2. The van der Waals surface area contributed by atoms with E-state index in [1.807, 2.05) is 5.06 Å². The second-order valence-electron chi connectivity index (χ2n) is 1.98. The van der Waals surface area contributed by atoms with Gasteiger partial charge in [0.05, 0.1) is 7.11 Å². The van der Waals surface area contributed by atoms with E-state index in [9.17, 15) is 0 Å². The Morgan fingerprint density at radius 2 is 2.00 bits per heavy atom. The minimum absolute atomic E-state index is 1.07. The maximum absolute atomic E-state index is 5.00. The van der Waals surface area contributed by atoms with E-state index in [2.05, 4.69) is 6.42 Å². The Bertz CT molecular complexity index is 59.5. The average Bonchev–Trinajstić information content (AvgIpc) is 1.90. The molecule has 47 valence electrons. The summed E-state index contributed by atoms with van der Waals surface area (Å²) in [6.45, 7) is 2.13. The van der Waals surface area contributed by atoms with Crippen LogP contribution < -0.4 is 0 Å². The van der Waals surface area contributed by atoms with Gasteiger partial charge in [0.2, 0.25) is 0 Å². The van der Waals surface area contributed by atoms with Crippen molar-refractivity contribution in [3.05, 3.63) is 6.42 Å². The fourth-order valence-electron chi connectivity index (χ4n) is 0.909. The maximum atomic E-state index is 5.00. The van der Waals surface area contributed by atoms with Gasteiger partial charge in [0.15, 0.2) is 0 Å². The highest BCUT2D eigenvalue weighted by atomic mass is 16.7. The van der Waals surface area contributed by atoms with Crippen LogP contribution in [0, 0.1) is 6.42 Å². The Labute approximate surface area is 50.4 Å². The third kappa shape index (κ3) is 1.46. The fraction of sp³-hybridized carbons (Fsp3) is 0.833. The first-order chi connectivity index (χ1) is 3.93. The second kappa shape index (κ2) is 3.05. The first-order valence-corrected chi connectivity index (χ1v) is 3.04. The molecule has 1 fully saturated rings. The summed E-state index contributed by atoms with van der Waals surface area (Å²) in [5.41, 5.74) is 0. The van der Waals surface area contributed by atoms with E-state index in [0.29, 0.717) is 0 Å². The van der Waals surface area contributed by atoms with Crippen molar-refractivity contribution >= 4 is 0 Å². The van der Waals surface area contributed by atoms with Crippen LogP contribution in [0.1, 0.15) is 12.8 Å². The molecule has 0 aromatic heterocycles. The van der Waals surface area contributed by atoms with Crippen molar-refractivity contribution < 1.29 is 4.84 Å². The van der Waals surface area contributed by atoms with Gasteiger partial charge < -0.3 is 4.84 Å². The number of hydroxylamine groups is 2. The van der Waals surface area contributed by atoms with Gasteiger partial charge in [0, 0.05) is 13.1 Å². The van der Waals surface area contributed by atoms with Crippen LogP contribution in [-0.4, -0.2) is 25.3 Å². The molecule has 1 aliphatic rings. The molecule has 2 nitrogen and oxygen atoms in total. The Morgan fingerprint density at radius 1 is 1.38 bits per heavy atom. The van der Waals surface area contributed by atoms with Crippen molar-refractivity contribution in [2.75, 3.05) is 20.2 Å². The van der Waals surface area contributed by atoms with E-state index in [1.54, 1.807) is 7.11 Å². The molecule has 1 aliphatic heterocycles. The lowest BCUT2D eigenvalue weighted by Gasteiger charge is -2.22. The monoisotopic (exact) mass is 114 g/mol. The molecule has 1 heterocycles. The summed E-state index contributed by atoms with van der Waals surface area (Å²) in [6.07, 6.45) is 4.65. The highest BCUT2D eigenvalue weighted by Crippen LogP contribution is 2.05. The highest BCUT2D eigenvalue weighted by molar-refractivity contribution is 4.72. The molecule has 8 heavy (non-hydrogen) atoms. The molecule has 0 amide bonds. The number of rotatable bonds is 1. The Hall–Kier alpha value is -0.0800. The zero-order valence-electron chi connectivity index (χ0n) is 5.26. The summed E-state index contributed by atoms with van der Waals surface area (Å²) in [7, 11) is 1.73. The van der Waals surface area contributed by atoms with Gasteiger partial charge in [-0.15, -0.1) is 0 Å². The van der Waals surface area contributed by atoms with Gasteiger partial charge in [-0.05, 0) is 19.3 Å². The normalized spacial score (nSPS) is 23.6. The predicted molar refractivity (Wildman–Crippen MR) is 32.1 cm³/mol. The molecule has 2 heteroatoms. The average molecular weight is 114 g/mol. The summed E-state index contributed by atoms with van der Waals surface area (Å²) < 4.78 is 0. The molecule has 0 atom stereocenters. The SMILES string of the molecule is CON1CC[CH]CC1. The minimum atomic E-state index is 1.07. The van der Waals surface area contributed by atoms with Gasteiger partial charge >= 0.3 is 0 Å². The van der Waals surface area contributed by atoms with E-state index >= 15 is 0 Å². The van der Waals surface area contributed by atoms with Gasteiger partial charge in [-0.3, -0.25) is 0 Å². The standard InChI is InChI=1S/C6H12NO/c1-8-7-5-3-2-4-6-7/h2H,3-6H2,1H3. The molecule has 1 rings (SSSR count). The van der Waals surface area contributed by atoms with Crippen molar-refractivity contribution in [3.63, 3.8) is 0 Å². The molecule has 1 radical (unpaired) electrons. The van der Waals surface area contributed by atoms with Gasteiger partial charge in [-0.1, -0.05) is 0 Å². The molecule has 0 spiro atoms. The summed E-state index contributed by atoms with van der Waals surface area (Å²) >= 11 is 0. The van der Waals surface area contributed by atoms with E-state index < -0.39 is 0 Å². The van der Waals surface area contributed by atoms with Crippen LogP contribution >= 0.6 is 0 Å². The summed E-state index contributed by atoms with van der Waals surface area (Å²) in [6, 6.07) is 0. The quantitative estimate of drug-likeness (QED) is 0.501. The molecule has 0 N–H and O–H groups in total. The van der Waals surface area contributed by atoms with Crippen LogP contribution in [0.15, 0.2) is 0 Å². The Morgan fingerprint density at radius 3 is 2.38 bits per heavy atom. The van der Waals surface area contributed by atoms with E-state index in [0.717, 1.165) is 13.1 Å². The number of hydrogen-bond donors (Lipinski definition) is 0. The molecular formula is C6H12NO. The van der Waals surface area contributed by atoms with Crippen molar-refractivity contribution in [3.8, 4) is 0 Å². The molecule has 0 aliphatic carbocycles. The van der Waals surface area contributed by atoms with Crippen LogP contribution in [0.3, 0.4) is 0 Å². The lowest BCUT2D eigenvalue weighted by molar-refractivity contribution is -0.136. The summed E-state index contributed by atoms with van der Waals surface area (Å²) in [4.78, 5) is 5.00. The van der Waals surface area contributed by atoms with Crippen LogP contribution in [0.5, 0.6) is 0 Å². The number of piperidine rings is 1. The van der Waals surface area contributed by atoms with E-state index in [4.69, 9.17) is 4.84 Å². The molecule has 0 unspecified atom stereocenters. The largest absolute Gasteiger partial charge is 0.302 e. The zero-order chi connectivity index (χ0) is 5.82. The zero-order valence-corrected chi connectivity index (χ0v) is 5.26. The molecule has 0 aromatic carbocycles. The third-order valence-electron chi connectivity index (χ3n) is 1.42. The van der Waals surface area contributed by atoms with E-state index in [-0.39, 0.29) is 0 Å². The highest BCUT2D eigenvalue weighted by Gasteiger charge is 2.07. The van der Waals surface area contributed by atoms with Crippen molar-refractivity contribution in [2.24, 2.45) is 0 Å². The number of nitrogens with zero attached hydrogens (tertiary/aromatic N) is 1. The topological polar surface area (TPSA) is 12.5 Å². The molecule has 0 saturated carbocycles. The first-order valence-electron chi connectivity index (χ1n) is 3.04. The van der Waals surface area contributed by atoms with Gasteiger partial charge in [-0.25, -0.2) is 0 Å². The van der Waals surface area contributed by atoms with Crippen molar-refractivity contribution in [1.29, 1.82) is 0 Å². The second-order valence-corrected chi connectivity index (χ2v) is 1.98. The first kappa shape index (κ1) is 6.05. The molecule has 0 bridgehead atoms. The fourth-order valence-corrected chi connectivity index (χ4v) is 0.909. The Balaban J connectivity index is 2.13. The van der Waals surface area contributed by atoms with Crippen molar-refractivity contribution in [1.82, 2.24) is 5.06 Å². The van der Waals surface area contributed by atoms with Gasteiger partial charge in [0.1, 0.15) is 0 Å². The molecule has 1 saturated heterocycles. The van der Waals surface area contributed by atoms with Crippen LogP contribution in [-0.2, 0) is 4.84 Å². The smallest absolute Gasteiger partial charge is 0.0575 e.